The van der Waals surface area contributed by atoms with E-state index >= 15 is 0 Å². The number of amides is 1. The summed E-state index contributed by atoms with van der Waals surface area (Å²) < 4.78 is 7.41. The van der Waals surface area contributed by atoms with Gasteiger partial charge >= 0.3 is 0 Å². The predicted molar refractivity (Wildman–Crippen MR) is 95.8 cm³/mol. The van der Waals surface area contributed by atoms with E-state index in [4.69, 9.17) is 9.72 Å². The van der Waals surface area contributed by atoms with Crippen LogP contribution in [0.1, 0.15) is 36.7 Å². The summed E-state index contributed by atoms with van der Waals surface area (Å²) in [5.41, 5.74) is 2.74. The van der Waals surface area contributed by atoms with Crippen molar-refractivity contribution in [3.8, 4) is 5.75 Å². The number of aromatic nitrogens is 4. The Balaban J connectivity index is 1.54. The Kier molecular flexibility index (Phi) is 4.51. The largest absolute Gasteiger partial charge is 0.482 e. The van der Waals surface area contributed by atoms with E-state index in [0.29, 0.717) is 5.75 Å². The highest BCUT2D eigenvalue weighted by atomic mass is 16.5. The molecular weight excluding hydrogens is 330 g/mol. The Morgan fingerprint density at radius 1 is 1.31 bits per heavy atom. The molecule has 0 aliphatic carbocycles. The molecule has 7 nitrogen and oxygen atoms in total. The molecule has 0 aromatic carbocycles. The monoisotopic (exact) mass is 351 g/mol. The minimum atomic E-state index is -0.0219. The lowest BCUT2D eigenvalue weighted by atomic mass is 9.98. The number of fused-ring (bicyclic) bond motifs is 1. The molecule has 4 heterocycles. The van der Waals surface area contributed by atoms with Crippen molar-refractivity contribution in [2.45, 2.75) is 32.2 Å². The molecule has 3 aromatic heterocycles. The number of carbonyl (C=O) groups is 1. The number of ether oxygens (including phenoxy) is 1. The van der Waals surface area contributed by atoms with Gasteiger partial charge in [0.25, 0.3) is 5.91 Å². The van der Waals surface area contributed by atoms with E-state index in [1.807, 2.05) is 28.5 Å². The highest BCUT2D eigenvalue weighted by molar-refractivity contribution is 5.78. The predicted octanol–water partition coefficient (Wildman–Crippen LogP) is 2.57. The Labute approximate surface area is 151 Å². The van der Waals surface area contributed by atoms with E-state index in [2.05, 4.69) is 10.1 Å². The maximum Gasteiger partial charge on any atom is 0.261 e. The Morgan fingerprint density at radius 3 is 3.08 bits per heavy atom. The average molecular weight is 351 g/mol. The summed E-state index contributed by atoms with van der Waals surface area (Å²) in [4.78, 5) is 23.4. The van der Waals surface area contributed by atoms with Gasteiger partial charge in [0.2, 0.25) is 0 Å². The van der Waals surface area contributed by atoms with Gasteiger partial charge in [-0.2, -0.15) is 5.10 Å². The highest BCUT2D eigenvalue weighted by Gasteiger charge is 2.29. The van der Waals surface area contributed by atoms with E-state index in [1.165, 1.54) is 0 Å². The van der Waals surface area contributed by atoms with E-state index in [1.54, 1.807) is 30.7 Å². The van der Waals surface area contributed by atoms with Crippen LogP contribution in [0.3, 0.4) is 0 Å². The van der Waals surface area contributed by atoms with Gasteiger partial charge < -0.3 is 9.64 Å². The number of pyridine rings is 1. The van der Waals surface area contributed by atoms with Gasteiger partial charge in [0.05, 0.1) is 24.1 Å². The zero-order valence-corrected chi connectivity index (χ0v) is 14.7. The van der Waals surface area contributed by atoms with E-state index in [-0.39, 0.29) is 18.6 Å². The van der Waals surface area contributed by atoms with Crippen LogP contribution < -0.4 is 4.74 Å². The molecule has 1 amide bonds. The lowest BCUT2D eigenvalue weighted by Crippen LogP contribution is -2.41. The molecule has 0 saturated carbocycles. The first-order valence-electron chi connectivity index (χ1n) is 8.86. The van der Waals surface area contributed by atoms with Crippen LogP contribution >= 0.6 is 0 Å². The van der Waals surface area contributed by atoms with Gasteiger partial charge in [-0.05, 0) is 44.4 Å². The summed E-state index contributed by atoms with van der Waals surface area (Å²) in [6, 6.07) is 7.48. The molecule has 1 atom stereocenters. The molecule has 1 aliphatic rings. The summed E-state index contributed by atoms with van der Waals surface area (Å²) in [6.45, 7) is 2.74. The molecule has 7 heteroatoms. The van der Waals surface area contributed by atoms with Crippen molar-refractivity contribution >= 4 is 11.6 Å². The molecular formula is C19H21N5O2. The molecule has 3 aromatic rings. The van der Waals surface area contributed by atoms with E-state index < -0.39 is 0 Å². The zero-order valence-electron chi connectivity index (χ0n) is 14.7. The smallest absolute Gasteiger partial charge is 0.261 e. The van der Waals surface area contributed by atoms with Crippen molar-refractivity contribution in [3.63, 3.8) is 0 Å². The first-order valence-corrected chi connectivity index (χ1v) is 8.86. The Hall–Kier alpha value is -2.96. The standard InChI is InChI=1S/C19H21N5O2/c1-14-11-16(22-18-7-9-21-24(14)18)17-6-2-3-10-23(17)19(25)13-26-15-5-4-8-20-12-15/h4-5,7-9,11-12,17H,2-3,6,10,13H2,1H3. The number of carbonyl (C=O) groups excluding carboxylic acids is 1. The van der Waals surface area contributed by atoms with Crippen LogP contribution in [-0.2, 0) is 4.79 Å². The van der Waals surface area contributed by atoms with E-state index in [0.717, 1.165) is 42.8 Å². The van der Waals surface area contributed by atoms with Crippen LogP contribution in [-0.4, -0.2) is 43.5 Å². The summed E-state index contributed by atoms with van der Waals surface area (Å²) in [5.74, 6) is 0.579. The lowest BCUT2D eigenvalue weighted by Gasteiger charge is -2.35. The second kappa shape index (κ2) is 7.11. The van der Waals surface area contributed by atoms with E-state index in [9.17, 15) is 4.79 Å². The van der Waals surface area contributed by atoms with Crippen molar-refractivity contribution < 1.29 is 9.53 Å². The lowest BCUT2D eigenvalue weighted by molar-refractivity contribution is -0.137. The Bertz CT molecular complexity index is 909. The third-order valence-corrected chi connectivity index (χ3v) is 4.72. The third-order valence-electron chi connectivity index (χ3n) is 4.72. The second-order valence-electron chi connectivity index (χ2n) is 6.50. The number of nitrogens with zero attached hydrogens (tertiary/aromatic N) is 5. The van der Waals surface area contributed by atoms with Gasteiger partial charge in [0.15, 0.2) is 12.3 Å². The van der Waals surface area contributed by atoms with Gasteiger partial charge in [0.1, 0.15) is 5.75 Å². The van der Waals surface area contributed by atoms with Crippen LogP contribution in [0.15, 0.2) is 42.9 Å². The molecule has 1 saturated heterocycles. The molecule has 134 valence electrons. The fourth-order valence-electron chi connectivity index (χ4n) is 3.46. The Morgan fingerprint density at radius 2 is 2.23 bits per heavy atom. The van der Waals surface area contributed by atoms with Gasteiger partial charge in [-0.3, -0.25) is 9.78 Å². The quantitative estimate of drug-likeness (QED) is 0.722. The molecule has 4 rings (SSSR count). The highest BCUT2D eigenvalue weighted by Crippen LogP contribution is 2.30. The van der Waals surface area contributed by atoms with Crippen LogP contribution in [0.5, 0.6) is 5.75 Å². The summed E-state index contributed by atoms with van der Waals surface area (Å²) in [6.07, 6.45) is 8.03. The summed E-state index contributed by atoms with van der Waals surface area (Å²) >= 11 is 0. The molecule has 0 radical (unpaired) electrons. The van der Waals surface area contributed by atoms with Crippen molar-refractivity contribution in [3.05, 3.63) is 54.2 Å². The van der Waals surface area contributed by atoms with Crippen molar-refractivity contribution in [2.75, 3.05) is 13.2 Å². The van der Waals surface area contributed by atoms with Crippen molar-refractivity contribution in [2.24, 2.45) is 0 Å². The summed E-state index contributed by atoms with van der Waals surface area (Å²) in [5, 5.41) is 4.27. The maximum absolute atomic E-state index is 12.8. The van der Waals surface area contributed by atoms with Crippen LogP contribution in [0.4, 0.5) is 0 Å². The first-order chi connectivity index (χ1) is 12.7. The minimum Gasteiger partial charge on any atom is -0.482 e. The van der Waals surface area contributed by atoms with Crippen LogP contribution in [0, 0.1) is 6.92 Å². The topological polar surface area (TPSA) is 72.6 Å². The van der Waals surface area contributed by atoms with Crippen LogP contribution in [0.2, 0.25) is 0 Å². The molecule has 1 fully saturated rings. The third kappa shape index (κ3) is 3.24. The SMILES string of the molecule is Cc1cc(C2CCCCN2C(=O)COc2cccnc2)nc2ccnn12. The minimum absolute atomic E-state index is 0.0100. The zero-order chi connectivity index (χ0) is 17.9. The number of likely N-dealkylation sites (tertiary alicyclic amines) is 1. The molecule has 0 spiro atoms. The van der Waals surface area contributed by atoms with Gasteiger partial charge in [0, 0.05) is 24.5 Å². The average Bonchev–Trinajstić information content (AvgIpc) is 3.16. The number of rotatable bonds is 4. The number of hydrogen-bond acceptors (Lipinski definition) is 5. The number of hydrogen-bond donors (Lipinski definition) is 0. The molecule has 1 aliphatic heterocycles. The molecule has 0 N–H and O–H groups in total. The molecule has 0 bridgehead atoms. The fraction of sp³-hybridized carbons (Fsp3) is 0.368. The van der Waals surface area contributed by atoms with Crippen molar-refractivity contribution in [1.29, 1.82) is 0 Å². The van der Waals surface area contributed by atoms with Gasteiger partial charge in [-0.1, -0.05) is 0 Å². The summed E-state index contributed by atoms with van der Waals surface area (Å²) in [7, 11) is 0. The number of aryl methyl sites for hydroxylation is 1. The van der Waals surface area contributed by atoms with Gasteiger partial charge in [-0.25, -0.2) is 9.50 Å². The molecule has 26 heavy (non-hydrogen) atoms. The first kappa shape index (κ1) is 16.5. The number of piperidine rings is 1. The van der Waals surface area contributed by atoms with Crippen LogP contribution in [0.25, 0.3) is 5.65 Å². The second-order valence-corrected chi connectivity index (χ2v) is 6.50. The molecule has 1 unspecified atom stereocenters. The fourth-order valence-corrected chi connectivity index (χ4v) is 3.46. The van der Waals surface area contributed by atoms with Crippen molar-refractivity contribution in [1.82, 2.24) is 24.5 Å². The maximum atomic E-state index is 12.8. The normalized spacial score (nSPS) is 17.4. The van der Waals surface area contributed by atoms with Gasteiger partial charge in [-0.15, -0.1) is 0 Å².